The summed E-state index contributed by atoms with van der Waals surface area (Å²) in [6.45, 7) is 4.32. The molecular formula is C16H20N6O2. The highest BCUT2D eigenvalue weighted by atomic mass is 16.2. The highest BCUT2D eigenvalue weighted by molar-refractivity contribution is 5.92. The molecule has 0 aliphatic carbocycles. The predicted octanol–water partition coefficient (Wildman–Crippen LogP) is 1.12. The molecule has 8 heteroatoms. The van der Waals surface area contributed by atoms with E-state index in [0.29, 0.717) is 24.6 Å². The summed E-state index contributed by atoms with van der Waals surface area (Å²) >= 11 is 0. The van der Waals surface area contributed by atoms with Crippen LogP contribution < -0.4 is 5.32 Å². The first-order valence-corrected chi connectivity index (χ1v) is 7.93. The zero-order valence-corrected chi connectivity index (χ0v) is 13.7. The molecule has 2 aromatic rings. The van der Waals surface area contributed by atoms with Crippen LogP contribution in [0.25, 0.3) is 0 Å². The summed E-state index contributed by atoms with van der Waals surface area (Å²) in [5.41, 5.74) is 2.11. The number of rotatable bonds is 4. The fourth-order valence-electron chi connectivity index (χ4n) is 2.98. The first kappa shape index (κ1) is 16.1. The number of amides is 2. The Bertz CT molecular complexity index is 743. The molecule has 2 N–H and O–H groups in total. The molecule has 0 saturated carbocycles. The van der Waals surface area contributed by atoms with E-state index in [2.05, 4.69) is 25.5 Å². The molecule has 1 aliphatic rings. The van der Waals surface area contributed by atoms with E-state index in [-0.39, 0.29) is 17.9 Å². The van der Waals surface area contributed by atoms with Crippen molar-refractivity contribution in [1.82, 2.24) is 30.4 Å². The second-order valence-electron chi connectivity index (χ2n) is 5.86. The van der Waals surface area contributed by atoms with Crippen LogP contribution in [0.3, 0.4) is 0 Å². The third-order valence-electron chi connectivity index (χ3n) is 4.11. The van der Waals surface area contributed by atoms with E-state index in [1.165, 1.54) is 6.92 Å². The third kappa shape index (κ3) is 3.27. The lowest BCUT2D eigenvalue weighted by atomic mass is 10.1. The molecule has 2 amide bonds. The van der Waals surface area contributed by atoms with Crippen molar-refractivity contribution in [3.8, 4) is 0 Å². The molecule has 0 bridgehead atoms. The van der Waals surface area contributed by atoms with Gasteiger partial charge >= 0.3 is 0 Å². The van der Waals surface area contributed by atoms with Crippen molar-refractivity contribution in [3.63, 3.8) is 0 Å². The summed E-state index contributed by atoms with van der Waals surface area (Å²) in [6, 6.07) is 1.55. The van der Waals surface area contributed by atoms with Gasteiger partial charge in [0.05, 0.1) is 11.7 Å². The maximum atomic E-state index is 12.7. The SMILES string of the molecule is CC(=O)NCc1cnc(C)nc1C1CCCN1C(=O)c1ccn[nH]1. The van der Waals surface area contributed by atoms with Gasteiger partial charge in [0.25, 0.3) is 5.91 Å². The summed E-state index contributed by atoms with van der Waals surface area (Å²) < 4.78 is 0. The van der Waals surface area contributed by atoms with Crippen molar-refractivity contribution in [2.75, 3.05) is 6.54 Å². The van der Waals surface area contributed by atoms with Crippen molar-refractivity contribution < 1.29 is 9.59 Å². The van der Waals surface area contributed by atoms with Gasteiger partial charge < -0.3 is 10.2 Å². The second kappa shape index (κ2) is 6.77. The molecule has 3 heterocycles. The Kier molecular flexibility index (Phi) is 4.54. The number of nitrogens with zero attached hydrogens (tertiary/aromatic N) is 4. The van der Waals surface area contributed by atoms with Crippen LogP contribution >= 0.6 is 0 Å². The van der Waals surface area contributed by atoms with Gasteiger partial charge in [-0.3, -0.25) is 14.7 Å². The molecule has 1 atom stereocenters. The van der Waals surface area contributed by atoms with E-state index >= 15 is 0 Å². The Balaban J connectivity index is 1.90. The second-order valence-corrected chi connectivity index (χ2v) is 5.86. The minimum Gasteiger partial charge on any atom is -0.352 e. The average molecular weight is 328 g/mol. The van der Waals surface area contributed by atoms with Gasteiger partial charge in [0.2, 0.25) is 5.91 Å². The Labute approximate surface area is 139 Å². The molecule has 3 rings (SSSR count). The topological polar surface area (TPSA) is 104 Å². The highest BCUT2D eigenvalue weighted by Gasteiger charge is 2.33. The Hall–Kier alpha value is -2.77. The van der Waals surface area contributed by atoms with Gasteiger partial charge in [-0.2, -0.15) is 5.10 Å². The average Bonchev–Trinajstić information content (AvgIpc) is 3.24. The number of likely N-dealkylation sites (tertiary alicyclic amines) is 1. The fraction of sp³-hybridized carbons (Fsp3) is 0.438. The summed E-state index contributed by atoms with van der Waals surface area (Å²) in [7, 11) is 0. The molecule has 8 nitrogen and oxygen atoms in total. The van der Waals surface area contributed by atoms with Gasteiger partial charge in [-0.1, -0.05) is 0 Å². The maximum Gasteiger partial charge on any atom is 0.272 e. The molecule has 0 aromatic carbocycles. The van der Waals surface area contributed by atoms with Crippen molar-refractivity contribution >= 4 is 11.8 Å². The lowest BCUT2D eigenvalue weighted by molar-refractivity contribution is -0.119. The normalized spacial score (nSPS) is 17.1. The van der Waals surface area contributed by atoms with E-state index in [0.717, 1.165) is 24.1 Å². The van der Waals surface area contributed by atoms with Crippen LogP contribution in [-0.2, 0) is 11.3 Å². The summed E-state index contributed by atoms with van der Waals surface area (Å²) in [5.74, 6) is 0.451. The third-order valence-corrected chi connectivity index (χ3v) is 4.11. The van der Waals surface area contributed by atoms with Crippen LogP contribution in [0.2, 0.25) is 0 Å². The van der Waals surface area contributed by atoms with Crippen molar-refractivity contribution in [1.29, 1.82) is 0 Å². The number of carbonyl (C=O) groups is 2. The molecule has 2 aromatic heterocycles. The first-order chi connectivity index (χ1) is 11.6. The standard InChI is InChI=1S/C16H20N6O2/c1-10-17-8-12(9-18-11(2)23)15(20-10)14-4-3-7-22(14)16(24)13-5-6-19-21-13/h5-6,8,14H,3-4,7,9H2,1-2H3,(H,18,23)(H,19,21). The monoisotopic (exact) mass is 328 g/mol. The van der Waals surface area contributed by atoms with E-state index in [4.69, 9.17) is 0 Å². The largest absolute Gasteiger partial charge is 0.352 e. The zero-order chi connectivity index (χ0) is 17.1. The van der Waals surface area contributed by atoms with Crippen LogP contribution in [0.4, 0.5) is 0 Å². The molecule has 1 unspecified atom stereocenters. The summed E-state index contributed by atoms with van der Waals surface area (Å²) in [6.07, 6.45) is 5.04. The van der Waals surface area contributed by atoms with Gasteiger partial charge in [0.15, 0.2) is 0 Å². The number of aryl methyl sites for hydroxylation is 1. The van der Waals surface area contributed by atoms with Crippen LogP contribution in [0, 0.1) is 6.92 Å². The minimum absolute atomic E-state index is 0.0863. The Morgan fingerprint density at radius 1 is 1.46 bits per heavy atom. The molecular weight excluding hydrogens is 308 g/mol. The van der Waals surface area contributed by atoms with E-state index in [1.807, 2.05) is 11.8 Å². The van der Waals surface area contributed by atoms with Crippen molar-refractivity contribution in [2.45, 2.75) is 39.3 Å². The van der Waals surface area contributed by atoms with Crippen LogP contribution in [0.5, 0.6) is 0 Å². The summed E-state index contributed by atoms with van der Waals surface area (Å²) in [5, 5.41) is 9.35. The van der Waals surface area contributed by atoms with Crippen LogP contribution in [0.1, 0.15) is 53.4 Å². The first-order valence-electron chi connectivity index (χ1n) is 7.93. The number of carbonyl (C=O) groups excluding carboxylic acids is 2. The van der Waals surface area contributed by atoms with E-state index in [9.17, 15) is 9.59 Å². The van der Waals surface area contributed by atoms with Gasteiger partial charge in [-0.15, -0.1) is 0 Å². The molecule has 0 radical (unpaired) electrons. The molecule has 1 fully saturated rings. The van der Waals surface area contributed by atoms with Gasteiger partial charge in [-0.25, -0.2) is 9.97 Å². The van der Waals surface area contributed by atoms with Crippen molar-refractivity contribution in [2.24, 2.45) is 0 Å². The van der Waals surface area contributed by atoms with Crippen molar-refractivity contribution in [3.05, 3.63) is 41.2 Å². The molecule has 1 aliphatic heterocycles. The summed E-state index contributed by atoms with van der Waals surface area (Å²) in [4.78, 5) is 34.5. The smallest absolute Gasteiger partial charge is 0.272 e. The number of aromatic amines is 1. The maximum absolute atomic E-state index is 12.7. The van der Waals surface area contributed by atoms with Crippen LogP contribution in [0.15, 0.2) is 18.5 Å². The fourth-order valence-corrected chi connectivity index (χ4v) is 2.98. The number of hydrogen-bond donors (Lipinski definition) is 2. The zero-order valence-electron chi connectivity index (χ0n) is 13.7. The molecule has 1 saturated heterocycles. The van der Waals surface area contributed by atoms with E-state index < -0.39 is 0 Å². The highest BCUT2D eigenvalue weighted by Crippen LogP contribution is 2.33. The minimum atomic E-state index is -0.119. The van der Waals surface area contributed by atoms with Crippen LogP contribution in [-0.4, -0.2) is 43.4 Å². The molecule has 24 heavy (non-hydrogen) atoms. The predicted molar refractivity (Wildman–Crippen MR) is 85.9 cm³/mol. The lowest BCUT2D eigenvalue weighted by Gasteiger charge is -2.25. The number of hydrogen-bond acceptors (Lipinski definition) is 5. The quantitative estimate of drug-likeness (QED) is 0.875. The lowest BCUT2D eigenvalue weighted by Crippen LogP contribution is -2.32. The Morgan fingerprint density at radius 2 is 2.29 bits per heavy atom. The van der Waals surface area contributed by atoms with Gasteiger partial charge in [-0.05, 0) is 25.8 Å². The van der Waals surface area contributed by atoms with E-state index in [1.54, 1.807) is 18.5 Å². The Morgan fingerprint density at radius 3 is 3.00 bits per heavy atom. The van der Waals surface area contributed by atoms with Gasteiger partial charge in [0, 0.05) is 38.0 Å². The van der Waals surface area contributed by atoms with Gasteiger partial charge in [0.1, 0.15) is 11.5 Å². The molecule has 0 spiro atoms. The number of H-pyrrole nitrogens is 1. The molecule has 126 valence electrons. The number of aromatic nitrogens is 4. The number of nitrogens with one attached hydrogen (secondary N) is 2.